The average molecular weight is 291 g/mol. The molecular formula is C19H33NO. The molecule has 0 radical (unpaired) electrons. The highest BCUT2D eigenvalue weighted by molar-refractivity contribution is 5.25. The minimum absolute atomic E-state index is 0.505. The summed E-state index contributed by atoms with van der Waals surface area (Å²) in [4.78, 5) is 0. The van der Waals surface area contributed by atoms with Gasteiger partial charge in [-0.1, -0.05) is 30.9 Å². The molecule has 0 aromatic heterocycles. The van der Waals surface area contributed by atoms with Crippen LogP contribution in [0, 0.1) is 10.8 Å². The van der Waals surface area contributed by atoms with E-state index in [4.69, 9.17) is 4.74 Å². The zero-order valence-electron chi connectivity index (χ0n) is 13.9. The molecule has 0 heterocycles. The van der Waals surface area contributed by atoms with Gasteiger partial charge in [0.25, 0.3) is 0 Å². The van der Waals surface area contributed by atoms with Crippen LogP contribution in [-0.2, 0) is 4.74 Å². The molecule has 0 aliphatic heterocycles. The number of hydrogen-bond donors (Lipinski definition) is 1. The fraction of sp³-hybridized carbons (Fsp3) is 0.895. The van der Waals surface area contributed by atoms with E-state index in [-0.39, 0.29) is 0 Å². The summed E-state index contributed by atoms with van der Waals surface area (Å²) in [5.74, 6) is 0. The second kappa shape index (κ2) is 6.83. The van der Waals surface area contributed by atoms with Gasteiger partial charge in [-0.2, -0.15) is 0 Å². The Morgan fingerprint density at radius 3 is 2.57 bits per heavy atom. The van der Waals surface area contributed by atoms with E-state index in [1.807, 2.05) is 0 Å². The van der Waals surface area contributed by atoms with E-state index >= 15 is 0 Å². The Morgan fingerprint density at radius 2 is 1.90 bits per heavy atom. The molecule has 3 aliphatic carbocycles. The van der Waals surface area contributed by atoms with Crippen molar-refractivity contribution >= 4 is 0 Å². The minimum Gasteiger partial charge on any atom is -0.383 e. The fourth-order valence-electron chi connectivity index (χ4n) is 5.33. The van der Waals surface area contributed by atoms with Crippen molar-refractivity contribution < 1.29 is 4.74 Å². The van der Waals surface area contributed by atoms with Gasteiger partial charge in [0.15, 0.2) is 0 Å². The quantitative estimate of drug-likeness (QED) is 0.576. The Bertz CT molecular complexity index is 360. The molecule has 0 amide bonds. The maximum absolute atomic E-state index is 5.19. The molecule has 0 saturated heterocycles. The highest BCUT2D eigenvalue weighted by atomic mass is 16.5. The van der Waals surface area contributed by atoms with Crippen molar-refractivity contribution in [1.29, 1.82) is 0 Å². The van der Waals surface area contributed by atoms with Gasteiger partial charge in [-0.25, -0.2) is 0 Å². The van der Waals surface area contributed by atoms with Crippen LogP contribution >= 0.6 is 0 Å². The smallest absolute Gasteiger partial charge is 0.0587 e. The molecule has 2 fully saturated rings. The molecule has 2 saturated carbocycles. The fourth-order valence-corrected chi connectivity index (χ4v) is 5.33. The van der Waals surface area contributed by atoms with Crippen LogP contribution in [0.3, 0.4) is 0 Å². The highest BCUT2D eigenvalue weighted by Crippen LogP contribution is 2.64. The predicted octanol–water partition coefficient (Wildman–Crippen LogP) is 4.45. The van der Waals surface area contributed by atoms with E-state index in [9.17, 15) is 0 Å². The van der Waals surface area contributed by atoms with E-state index in [2.05, 4.69) is 11.4 Å². The normalized spacial score (nSPS) is 27.2. The number of allylic oxidation sites excluding steroid dienone is 1. The van der Waals surface area contributed by atoms with Crippen LogP contribution in [0.2, 0.25) is 0 Å². The lowest BCUT2D eigenvalue weighted by Gasteiger charge is -2.60. The molecule has 0 aromatic rings. The second-order valence-corrected chi connectivity index (χ2v) is 7.84. The Labute approximate surface area is 130 Å². The molecule has 0 aromatic carbocycles. The van der Waals surface area contributed by atoms with Crippen LogP contribution in [0.15, 0.2) is 11.6 Å². The molecule has 2 heteroatoms. The van der Waals surface area contributed by atoms with Gasteiger partial charge in [0.2, 0.25) is 0 Å². The van der Waals surface area contributed by atoms with Crippen LogP contribution in [0.4, 0.5) is 0 Å². The van der Waals surface area contributed by atoms with E-state index in [1.54, 1.807) is 12.7 Å². The van der Waals surface area contributed by atoms with Gasteiger partial charge in [-0.3, -0.25) is 0 Å². The van der Waals surface area contributed by atoms with Gasteiger partial charge in [0, 0.05) is 25.6 Å². The zero-order chi connectivity index (χ0) is 14.6. The van der Waals surface area contributed by atoms with Gasteiger partial charge in [-0.05, 0) is 56.8 Å². The van der Waals surface area contributed by atoms with Crippen LogP contribution < -0.4 is 5.32 Å². The Balaban J connectivity index is 1.63. The topological polar surface area (TPSA) is 21.3 Å². The molecule has 120 valence electrons. The van der Waals surface area contributed by atoms with E-state index < -0.39 is 0 Å². The molecule has 0 bridgehead atoms. The van der Waals surface area contributed by atoms with Crippen molar-refractivity contribution in [2.75, 3.05) is 26.8 Å². The molecule has 1 spiro atoms. The first-order valence-corrected chi connectivity index (χ1v) is 9.18. The molecule has 21 heavy (non-hydrogen) atoms. The predicted molar refractivity (Wildman–Crippen MR) is 88.5 cm³/mol. The third-order valence-corrected chi connectivity index (χ3v) is 6.26. The van der Waals surface area contributed by atoms with Crippen molar-refractivity contribution in [2.45, 2.75) is 70.6 Å². The highest BCUT2D eigenvalue weighted by Gasteiger charge is 2.55. The number of ether oxygens (including phenoxy) is 1. The summed E-state index contributed by atoms with van der Waals surface area (Å²) in [5.41, 5.74) is 3.03. The monoisotopic (exact) mass is 291 g/mol. The Kier molecular flexibility index (Phi) is 5.06. The summed E-state index contributed by atoms with van der Waals surface area (Å²) in [6.07, 6.45) is 18.5. The van der Waals surface area contributed by atoms with Gasteiger partial charge in [0.05, 0.1) is 6.61 Å². The average Bonchev–Trinajstić information content (AvgIpc) is 2.51. The molecule has 3 aliphatic rings. The van der Waals surface area contributed by atoms with Crippen LogP contribution in [0.5, 0.6) is 0 Å². The van der Waals surface area contributed by atoms with E-state index in [0.29, 0.717) is 5.41 Å². The molecule has 0 atom stereocenters. The van der Waals surface area contributed by atoms with Gasteiger partial charge in [-0.15, -0.1) is 0 Å². The minimum atomic E-state index is 0.505. The van der Waals surface area contributed by atoms with E-state index in [0.717, 1.165) is 18.6 Å². The third-order valence-electron chi connectivity index (χ3n) is 6.26. The van der Waals surface area contributed by atoms with Crippen molar-refractivity contribution in [3.63, 3.8) is 0 Å². The van der Waals surface area contributed by atoms with Crippen molar-refractivity contribution in [3.8, 4) is 0 Å². The zero-order valence-corrected chi connectivity index (χ0v) is 13.9. The summed E-state index contributed by atoms with van der Waals surface area (Å²) in [6.45, 7) is 3.02. The SMILES string of the molecule is COCCNCC1(C2=CCCCC2)CC2(CCCCC2)C1. The van der Waals surface area contributed by atoms with Crippen LogP contribution in [0.25, 0.3) is 0 Å². The van der Waals surface area contributed by atoms with E-state index in [1.165, 1.54) is 77.2 Å². The largest absolute Gasteiger partial charge is 0.383 e. The summed E-state index contributed by atoms with van der Waals surface area (Å²) < 4.78 is 5.19. The molecule has 1 N–H and O–H groups in total. The van der Waals surface area contributed by atoms with Crippen LogP contribution in [0.1, 0.15) is 70.6 Å². The summed E-state index contributed by atoms with van der Waals surface area (Å²) >= 11 is 0. The Morgan fingerprint density at radius 1 is 1.10 bits per heavy atom. The lowest BCUT2D eigenvalue weighted by atomic mass is 9.45. The number of methoxy groups -OCH3 is 1. The first-order chi connectivity index (χ1) is 10.3. The molecule has 0 unspecified atom stereocenters. The number of nitrogens with one attached hydrogen (secondary N) is 1. The summed E-state index contributed by atoms with van der Waals surface area (Å²) in [7, 11) is 1.79. The second-order valence-electron chi connectivity index (χ2n) is 7.84. The standard InChI is InChI=1S/C19H33NO/c1-21-13-12-20-16-19(17-8-4-2-5-9-17)14-18(15-19)10-6-3-7-11-18/h8,20H,2-7,9-16H2,1H3. The van der Waals surface area contributed by atoms with Gasteiger partial charge in [0.1, 0.15) is 0 Å². The van der Waals surface area contributed by atoms with Crippen molar-refractivity contribution in [1.82, 2.24) is 5.32 Å². The third kappa shape index (κ3) is 3.37. The first-order valence-electron chi connectivity index (χ1n) is 9.18. The lowest BCUT2D eigenvalue weighted by molar-refractivity contribution is -0.0440. The molecule has 2 nitrogen and oxygen atoms in total. The lowest BCUT2D eigenvalue weighted by Crippen LogP contribution is -2.53. The number of hydrogen-bond acceptors (Lipinski definition) is 2. The summed E-state index contributed by atoms with van der Waals surface area (Å²) in [6, 6.07) is 0. The maximum atomic E-state index is 5.19. The maximum Gasteiger partial charge on any atom is 0.0587 e. The first kappa shape index (κ1) is 15.6. The Hall–Kier alpha value is -0.340. The van der Waals surface area contributed by atoms with Crippen LogP contribution in [-0.4, -0.2) is 26.8 Å². The summed E-state index contributed by atoms with van der Waals surface area (Å²) in [5, 5.41) is 3.68. The van der Waals surface area contributed by atoms with Gasteiger partial charge < -0.3 is 10.1 Å². The van der Waals surface area contributed by atoms with Gasteiger partial charge >= 0.3 is 0 Å². The molecule has 3 rings (SSSR count). The molecular weight excluding hydrogens is 258 g/mol. The number of rotatable bonds is 6. The van der Waals surface area contributed by atoms with Crippen molar-refractivity contribution in [2.24, 2.45) is 10.8 Å². The van der Waals surface area contributed by atoms with Crippen molar-refractivity contribution in [3.05, 3.63) is 11.6 Å².